The zero-order chi connectivity index (χ0) is 12.1. The van der Waals surface area contributed by atoms with Gasteiger partial charge in [0.2, 0.25) is 0 Å². The molecule has 0 unspecified atom stereocenters. The predicted molar refractivity (Wildman–Crippen MR) is 73.4 cm³/mol. The van der Waals surface area contributed by atoms with Crippen LogP contribution in [-0.2, 0) is 15.3 Å². The topological polar surface area (TPSA) is 20.3 Å². The van der Waals surface area contributed by atoms with Crippen molar-refractivity contribution in [1.82, 2.24) is 4.90 Å². The first-order valence-corrected chi connectivity index (χ1v) is 8.73. The Morgan fingerprint density at radius 1 is 1.24 bits per heavy atom. The fourth-order valence-corrected chi connectivity index (χ4v) is 6.59. The molecule has 2 nitrogen and oxygen atoms in total. The molecule has 3 rings (SSSR count). The maximum Gasteiger partial charge on any atom is 0.0182 e. The van der Waals surface area contributed by atoms with Crippen molar-refractivity contribution >= 4 is 9.93 Å². The fourth-order valence-electron chi connectivity index (χ4n) is 3.56. The van der Waals surface area contributed by atoms with E-state index < -0.39 is 9.93 Å². The van der Waals surface area contributed by atoms with Crippen LogP contribution >= 0.6 is 0 Å². The van der Waals surface area contributed by atoms with Crippen LogP contribution < -0.4 is 0 Å². The molecule has 1 aromatic carbocycles. The number of likely N-dealkylation sites (tertiary alicyclic amines) is 1. The molecule has 94 valence electrons. The molecular formula is C14H21NOS. The van der Waals surface area contributed by atoms with Crippen LogP contribution in [-0.4, -0.2) is 41.3 Å². The molecule has 1 aromatic rings. The van der Waals surface area contributed by atoms with Crippen molar-refractivity contribution in [1.29, 1.82) is 0 Å². The highest BCUT2D eigenvalue weighted by Gasteiger charge is 2.45. The zero-order valence-electron chi connectivity index (χ0n) is 10.6. The van der Waals surface area contributed by atoms with Crippen LogP contribution in [0.25, 0.3) is 0 Å². The molecule has 0 aliphatic carbocycles. The summed E-state index contributed by atoms with van der Waals surface area (Å²) in [7, 11) is 0.0745. The summed E-state index contributed by atoms with van der Waals surface area (Å²) in [4.78, 5) is 3.54. The van der Waals surface area contributed by atoms with Crippen LogP contribution in [0.5, 0.6) is 0 Å². The smallest absolute Gasteiger partial charge is 0.0182 e. The van der Waals surface area contributed by atoms with E-state index in [1.807, 2.05) is 12.3 Å². The number of thiol groups is 1. The lowest BCUT2D eigenvalue weighted by Crippen LogP contribution is -2.42. The van der Waals surface area contributed by atoms with E-state index in [1.165, 1.54) is 18.4 Å². The van der Waals surface area contributed by atoms with Gasteiger partial charge in [0, 0.05) is 16.1 Å². The first-order chi connectivity index (χ1) is 8.04. The standard InChI is InChI=1S/C14H21NOS/c1-15-9-7-14(8-10-15)11-17(2,16)13-6-4-3-5-12(13)14/h3-6,17H,7-11H2,1-2H3. The number of benzene rings is 1. The molecule has 2 aliphatic heterocycles. The van der Waals surface area contributed by atoms with Crippen LogP contribution in [0.15, 0.2) is 29.2 Å². The summed E-state index contributed by atoms with van der Waals surface area (Å²) < 4.78 is 12.8. The van der Waals surface area contributed by atoms with Gasteiger partial charge in [0.1, 0.15) is 0 Å². The number of piperidine rings is 1. The predicted octanol–water partition coefficient (Wildman–Crippen LogP) is 1.67. The lowest BCUT2D eigenvalue weighted by Gasteiger charge is -2.38. The van der Waals surface area contributed by atoms with Gasteiger partial charge in [0.25, 0.3) is 0 Å². The van der Waals surface area contributed by atoms with Gasteiger partial charge in [0.05, 0.1) is 0 Å². The molecule has 0 radical (unpaired) electrons. The zero-order valence-corrected chi connectivity index (χ0v) is 11.5. The molecule has 0 N–H and O–H groups in total. The van der Waals surface area contributed by atoms with Crippen molar-refractivity contribution in [2.75, 3.05) is 32.1 Å². The summed E-state index contributed by atoms with van der Waals surface area (Å²) in [6, 6.07) is 8.43. The Hall–Kier alpha value is -0.670. The molecule has 0 atom stereocenters. The average Bonchev–Trinajstić information content (AvgIpc) is 2.53. The lowest BCUT2D eigenvalue weighted by molar-refractivity contribution is 0.203. The quantitative estimate of drug-likeness (QED) is 0.708. The Morgan fingerprint density at radius 2 is 1.88 bits per heavy atom. The first kappa shape index (κ1) is 11.4. The van der Waals surface area contributed by atoms with Crippen molar-refractivity contribution in [3.63, 3.8) is 0 Å². The monoisotopic (exact) mass is 251 g/mol. The number of hydrogen-bond acceptors (Lipinski definition) is 2. The average molecular weight is 251 g/mol. The lowest BCUT2D eigenvalue weighted by atomic mass is 9.75. The normalized spacial score (nSPS) is 27.9. The molecule has 17 heavy (non-hydrogen) atoms. The third kappa shape index (κ3) is 1.67. The van der Waals surface area contributed by atoms with Gasteiger partial charge >= 0.3 is 0 Å². The summed E-state index contributed by atoms with van der Waals surface area (Å²) >= 11 is 0. The number of rotatable bonds is 0. The van der Waals surface area contributed by atoms with Crippen LogP contribution in [0, 0.1) is 0 Å². The SMILES string of the molecule is CN1CCC2(CC1)C[SH](C)(=O)c1ccccc12. The van der Waals surface area contributed by atoms with E-state index in [0.717, 1.165) is 23.7 Å². The summed E-state index contributed by atoms with van der Waals surface area (Å²) in [6.07, 6.45) is 4.30. The number of fused-ring (bicyclic) bond motifs is 2. The minimum absolute atomic E-state index is 0.216. The Balaban J connectivity index is 2.08. The number of hydrogen-bond donors (Lipinski definition) is 1. The van der Waals surface area contributed by atoms with Gasteiger partial charge in [0.15, 0.2) is 0 Å². The third-order valence-corrected chi connectivity index (χ3v) is 7.15. The highest BCUT2D eigenvalue weighted by atomic mass is 32.2. The van der Waals surface area contributed by atoms with E-state index in [4.69, 9.17) is 0 Å². The van der Waals surface area contributed by atoms with Gasteiger partial charge in [-0.3, -0.25) is 4.21 Å². The summed E-state index contributed by atoms with van der Waals surface area (Å²) in [5.74, 6) is 0.896. The molecule has 0 aromatic heterocycles. The van der Waals surface area contributed by atoms with Gasteiger partial charge in [-0.2, -0.15) is 0 Å². The van der Waals surface area contributed by atoms with E-state index in [-0.39, 0.29) is 5.41 Å². The van der Waals surface area contributed by atoms with Crippen LogP contribution in [0.1, 0.15) is 18.4 Å². The Morgan fingerprint density at radius 3 is 2.59 bits per heavy atom. The molecule has 0 saturated carbocycles. The van der Waals surface area contributed by atoms with Crippen molar-refractivity contribution in [3.05, 3.63) is 29.8 Å². The maximum atomic E-state index is 12.8. The van der Waals surface area contributed by atoms with Crippen molar-refractivity contribution in [3.8, 4) is 0 Å². The van der Waals surface area contributed by atoms with E-state index in [2.05, 4.69) is 30.1 Å². The van der Waals surface area contributed by atoms with Gasteiger partial charge in [-0.05, 0) is 50.9 Å². The first-order valence-electron chi connectivity index (χ1n) is 6.39. The van der Waals surface area contributed by atoms with E-state index in [1.54, 1.807) is 0 Å². The molecule has 0 bridgehead atoms. The largest absolute Gasteiger partial charge is 0.306 e. The van der Waals surface area contributed by atoms with Crippen molar-refractivity contribution in [2.45, 2.75) is 23.2 Å². The Kier molecular flexibility index (Phi) is 2.46. The highest BCUT2D eigenvalue weighted by Crippen LogP contribution is 2.47. The molecule has 1 spiro atoms. The molecule has 2 heterocycles. The van der Waals surface area contributed by atoms with Gasteiger partial charge in [-0.1, -0.05) is 28.1 Å². The van der Waals surface area contributed by atoms with Crippen molar-refractivity contribution in [2.24, 2.45) is 0 Å². The van der Waals surface area contributed by atoms with Crippen LogP contribution in [0.4, 0.5) is 0 Å². The van der Waals surface area contributed by atoms with Crippen molar-refractivity contribution < 1.29 is 4.21 Å². The fraction of sp³-hybridized carbons (Fsp3) is 0.571. The third-order valence-electron chi connectivity index (χ3n) is 4.53. The summed E-state index contributed by atoms with van der Waals surface area (Å²) in [5.41, 5.74) is 1.60. The van der Waals surface area contributed by atoms with Gasteiger partial charge in [-0.25, -0.2) is 0 Å². The molecule has 3 heteroatoms. The summed E-state index contributed by atoms with van der Waals surface area (Å²) in [5, 5.41) is 0. The maximum absolute atomic E-state index is 12.8. The number of nitrogens with zero attached hydrogens (tertiary/aromatic N) is 1. The second-order valence-electron chi connectivity index (χ2n) is 5.86. The van der Waals surface area contributed by atoms with E-state index >= 15 is 0 Å². The molecular weight excluding hydrogens is 230 g/mol. The van der Waals surface area contributed by atoms with E-state index in [9.17, 15) is 4.21 Å². The summed E-state index contributed by atoms with van der Waals surface area (Å²) in [6.45, 7) is 2.27. The van der Waals surface area contributed by atoms with E-state index in [0.29, 0.717) is 0 Å². The molecule has 0 amide bonds. The minimum atomic E-state index is -2.11. The van der Waals surface area contributed by atoms with Crippen LogP contribution in [0.3, 0.4) is 0 Å². The Labute approximate surface area is 104 Å². The van der Waals surface area contributed by atoms with Crippen LogP contribution in [0.2, 0.25) is 0 Å². The molecule has 1 fully saturated rings. The molecule has 2 aliphatic rings. The second-order valence-corrected chi connectivity index (χ2v) is 8.86. The second kappa shape index (κ2) is 3.66. The van der Waals surface area contributed by atoms with Gasteiger partial charge in [-0.15, -0.1) is 0 Å². The Bertz CT molecular complexity index is 489. The highest BCUT2D eigenvalue weighted by molar-refractivity contribution is 8.02. The van der Waals surface area contributed by atoms with Gasteiger partial charge < -0.3 is 4.90 Å². The minimum Gasteiger partial charge on any atom is -0.306 e. The molecule has 1 saturated heterocycles.